The molecule has 0 radical (unpaired) electrons. The highest BCUT2D eigenvalue weighted by Crippen LogP contribution is 2.20. The van der Waals surface area contributed by atoms with Gasteiger partial charge in [-0.25, -0.2) is 4.98 Å². The number of pyridine rings is 1. The Morgan fingerprint density at radius 2 is 2.05 bits per heavy atom. The van der Waals surface area contributed by atoms with E-state index in [1.807, 2.05) is 12.1 Å². The van der Waals surface area contributed by atoms with Gasteiger partial charge in [-0.2, -0.15) is 0 Å². The van der Waals surface area contributed by atoms with Crippen molar-refractivity contribution < 1.29 is 4.74 Å². The monoisotopic (exact) mass is 274 g/mol. The summed E-state index contributed by atoms with van der Waals surface area (Å²) in [4.78, 5) is 4.24. The van der Waals surface area contributed by atoms with Crippen molar-refractivity contribution in [3.8, 4) is 5.75 Å². The Bertz CT molecular complexity index is 540. The third-order valence-electron chi connectivity index (χ3n) is 2.69. The summed E-state index contributed by atoms with van der Waals surface area (Å²) in [5.41, 5.74) is 8.67. The molecule has 0 spiro atoms. The van der Waals surface area contributed by atoms with E-state index < -0.39 is 0 Å². The summed E-state index contributed by atoms with van der Waals surface area (Å²) in [7, 11) is 0. The summed E-state index contributed by atoms with van der Waals surface area (Å²) >= 11 is 1.67. The SMILES string of the molecule is Cc1ccc(C)c(OCCSc2ccc(N)cn2)c1. The van der Waals surface area contributed by atoms with Gasteiger partial charge in [0.1, 0.15) is 5.75 Å². The van der Waals surface area contributed by atoms with Crippen molar-refractivity contribution in [3.63, 3.8) is 0 Å². The molecule has 1 aromatic carbocycles. The van der Waals surface area contributed by atoms with E-state index in [9.17, 15) is 0 Å². The summed E-state index contributed by atoms with van der Waals surface area (Å²) in [6, 6.07) is 10.0. The summed E-state index contributed by atoms with van der Waals surface area (Å²) in [6.45, 7) is 4.80. The van der Waals surface area contributed by atoms with Crippen LogP contribution in [0, 0.1) is 13.8 Å². The Balaban J connectivity index is 1.80. The van der Waals surface area contributed by atoms with Crippen molar-refractivity contribution in [3.05, 3.63) is 47.7 Å². The highest BCUT2D eigenvalue weighted by atomic mass is 32.2. The Morgan fingerprint density at radius 3 is 2.79 bits per heavy atom. The number of nitrogen functional groups attached to an aromatic ring is 1. The third kappa shape index (κ3) is 4.17. The molecule has 1 heterocycles. The molecule has 0 unspecified atom stereocenters. The molecule has 0 bridgehead atoms. The summed E-state index contributed by atoms with van der Waals surface area (Å²) in [5.74, 6) is 1.83. The van der Waals surface area contributed by atoms with Gasteiger partial charge in [-0.15, -0.1) is 11.8 Å². The number of aromatic nitrogens is 1. The lowest BCUT2D eigenvalue weighted by Crippen LogP contribution is -2.02. The van der Waals surface area contributed by atoms with Gasteiger partial charge in [-0.3, -0.25) is 0 Å². The van der Waals surface area contributed by atoms with Crippen LogP contribution in [0.1, 0.15) is 11.1 Å². The van der Waals surface area contributed by atoms with E-state index in [-0.39, 0.29) is 0 Å². The molecule has 2 aromatic rings. The molecule has 100 valence electrons. The molecule has 19 heavy (non-hydrogen) atoms. The van der Waals surface area contributed by atoms with Gasteiger partial charge in [-0.05, 0) is 43.2 Å². The summed E-state index contributed by atoms with van der Waals surface area (Å²) in [5, 5.41) is 0.971. The zero-order chi connectivity index (χ0) is 13.7. The molecule has 0 amide bonds. The second-order valence-corrected chi connectivity index (χ2v) is 5.51. The van der Waals surface area contributed by atoms with Crippen molar-refractivity contribution in [2.75, 3.05) is 18.1 Å². The van der Waals surface area contributed by atoms with Crippen LogP contribution in [0.2, 0.25) is 0 Å². The molecule has 1 aromatic heterocycles. The zero-order valence-corrected chi connectivity index (χ0v) is 12.0. The first-order valence-corrected chi connectivity index (χ1v) is 7.18. The van der Waals surface area contributed by atoms with Gasteiger partial charge in [0.15, 0.2) is 0 Å². The van der Waals surface area contributed by atoms with E-state index in [4.69, 9.17) is 10.5 Å². The molecule has 0 saturated heterocycles. The van der Waals surface area contributed by atoms with Crippen LogP contribution >= 0.6 is 11.8 Å². The van der Waals surface area contributed by atoms with Gasteiger partial charge in [0.25, 0.3) is 0 Å². The maximum absolute atomic E-state index is 5.79. The van der Waals surface area contributed by atoms with Crippen LogP contribution in [-0.2, 0) is 0 Å². The number of hydrogen-bond donors (Lipinski definition) is 1. The molecule has 0 aliphatic rings. The highest BCUT2D eigenvalue weighted by Gasteiger charge is 2.00. The number of thioether (sulfide) groups is 1. The normalized spacial score (nSPS) is 10.4. The van der Waals surface area contributed by atoms with E-state index in [2.05, 4.69) is 37.0 Å². The molecule has 2 rings (SSSR count). The lowest BCUT2D eigenvalue weighted by Gasteiger charge is -2.09. The number of nitrogens with zero attached hydrogens (tertiary/aromatic N) is 1. The number of hydrogen-bond acceptors (Lipinski definition) is 4. The first-order chi connectivity index (χ1) is 9.15. The van der Waals surface area contributed by atoms with E-state index in [1.54, 1.807) is 18.0 Å². The maximum atomic E-state index is 5.79. The van der Waals surface area contributed by atoms with Crippen molar-refractivity contribution in [1.82, 2.24) is 4.98 Å². The Hall–Kier alpha value is -1.68. The number of anilines is 1. The Labute approximate surface area is 118 Å². The molecule has 0 aliphatic carbocycles. The predicted octanol–water partition coefficient (Wildman–Crippen LogP) is 3.45. The van der Waals surface area contributed by atoms with Crippen LogP contribution in [0.5, 0.6) is 5.75 Å². The van der Waals surface area contributed by atoms with Crippen LogP contribution in [0.25, 0.3) is 0 Å². The van der Waals surface area contributed by atoms with Crippen LogP contribution in [0.15, 0.2) is 41.6 Å². The van der Waals surface area contributed by atoms with Crippen LogP contribution < -0.4 is 10.5 Å². The summed E-state index contributed by atoms with van der Waals surface area (Å²) in [6.07, 6.45) is 1.67. The average Bonchev–Trinajstić information content (AvgIpc) is 2.40. The largest absolute Gasteiger partial charge is 0.492 e. The van der Waals surface area contributed by atoms with Gasteiger partial charge in [0.05, 0.1) is 23.5 Å². The first kappa shape index (κ1) is 13.7. The number of ether oxygens (including phenoxy) is 1. The van der Waals surface area contributed by atoms with Gasteiger partial charge in [-0.1, -0.05) is 12.1 Å². The average molecular weight is 274 g/mol. The van der Waals surface area contributed by atoms with Gasteiger partial charge in [0.2, 0.25) is 0 Å². The minimum Gasteiger partial charge on any atom is -0.492 e. The van der Waals surface area contributed by atoms with Crippen LogP contribution in [0.4, 0.5) is 5.69 Å². The molecule has 0 saturated carbocycles. The van der Waals surface area contributed by atoms with Crippen LogP contribution in [0.3, 0.4) is 0 Å². The van der Waals surface area contributed by atoms with Crippen molar-refractivity contribution >= 4 is 17.4 Å². The van der Waals surface area contributed by atoms with Crippen LogP contribution in [-0.4, -0.2) is 17.3 Å². The van der Waals surface area contributed by atoms with E-state index in [0.717, 1.165) is 16.5 Å². The molecule has 4 heteroatoms. The molecular weight excluding hydrogens is 256 g/mol. The second kappa shape index (κ2) is 6.48. The Morgan fingerprint density at radius 1 is 1.21 bits per heavy atom. The number of rotatable bonds is 5. The molecule has 0 fully saturated rings. The maximum Gasteiger partial charge on any atom is 0.122 e. The quantitative estimate of drug-likeness (QED) is 0.670. The molecular formula is C15H18N2OS. The van der Waals surface area contributed by atoms with Gasteiger partial charge < -0.3 is 10.5 Å². The van der Waals surface area contributed by atoms with Gasteiger partial charge >= 0.3 is 0 Å². The van der Waals surface area contributed by atoms with E-state index >= 15 is 0 Å². The fraction of sp³-hybridized carbons (Fsp3) is 0.267. The predicted molar refractivity (Wildman–Crippen MR) is 80.8 cm³/mol. The molecule has 3 nitrogen and oxygen atoms in total. The standard InChI is InChI=1S/C15H18N2OS/c1-11-3-4-12(2)14(9-11)18-7-8-19-15-6-5-13(16)10-17-15/h3-6,9-10H,7-8,16H2,1-2H3. The third-order valence-corrected chi connectivity index (χ3v) is 3.60. The lowest BCUT2D eigenvalue weighted by atomic mass is 10.1. The minimum atomic E-state index is 0.668. The Kier molecular flexibility index (Phi) is 4.68. The molecule has 0 aliphatic heterocycles. The highest BCUT2D eigenvalue weighted by molar-refractivity contribution is 7.99. The topological polar surface area (TPSA) is 48.1 Å². The van der Waals surface area contributed by atoms with Crippen molar-refractivity contribution in [2.24, 2.45) is 0 Å². The molecule has 0 atom stereocenters. The van der Waals surface area contributed by atoms with Gasteiger partial charge in [0, 0.05) is 5.75 Å². The lowest BCUT2D eigenvalue weighted by molar-refractivity contribution is 0.341. The zero-order valence-electron chi connectivity index (χ0n) is 11.2. The van der Waals surface area contributed by atoms with E-state index in [0.29, 0.717) is 12.3 Å². The number of aryl methyl sites for hydroxylation is 2. The number of benzene rings is 1. The van der Waals surface area contributed by atoms with E-state index in [1.165, 1.54) is 11.1 Å². The first-order valence-electron chi connectivity index (χ1n) is 6.19. The second-order valence-electron chi connectivity index (χ2n) is 4.40. The van der Waals surface area contributed by atoms with Crippen molar-refractivity contribution in [1.29, 1.82) is 0 Å². The van der Waals surface area contributed by atoms with Crippen molar-refractivity contribution in [2.45, 2.75) is 18.9 Å². The fourth-order valence-corrected chi connectivity index (χ4v) is 2.31. The molecule has 2 N–H and O–H groups in total. The minimum absolute atomic E-state index is 0.668. The smallest absolute Gasteiger partial charge is 0.122 e. The summed E-state index contributed by atoms with van der Waals surface area (Å²) < 4.78 is 5.79. The number of nitrogens with two attached hydrogens (primary N) is 1. The fourth-order valence-electron chi connectivity index (χ4n) is 1.64.